The van der Waals surface area contributed by atoms with E-state index in [0.717, 1.165) is 24.0 Å². The van der Waals surface area contributed by atoms with Crippen molar-refractivity contribution >= 4 is 0 Å². The number of rotatable bonds is 3. The van der Waals surface area contributed by atoms with Gasteiger partial charge in [-0.25, -0.2) is 0 Å². The monoisotopic (exact) mass is 249 g/mol. The molecule has 3 aliphatic rings. The van der Waals surface area contributed by atoms with Crippen LogP contribution in [0.5, 0.6) is 0 Å². The summed E-state index contributed by atoms with van der Waals surface area (Å²) in [6.45, 7) is 8.73. The van der Waals surface area contributed by atoms with E-state index in [0.29, 0.717) is 0 Å². The molecule has 3 rings (SSSR count). The summed E-state index contributed by atoms with van der Waals surface area (Å²) < 4.78 is 0. The number of piperidine rings is 2. The van der Waals surface area contributed by atoms with Gasteiger partial charge in [-0.15, -0.1) is 0 Å². The zero-order valence-electron chi connectivity index (χ0n) is 12.1. The molecular weight excluding hydrogens is 220 g/mol. The van der Waals surface area contributed by atoms with Crippen molar-refractivity contribution in [3.8, 4) is 0 Å². The number of hydrogen-bond acceptors (Lipinski definition) is 2. The van der Waals surface area contributed by atoms with Crippen LogP contribution in [0.1, 0.15) is 52.4 Å². The predicted molar refractivity (Wildman–Crippen MR) is 76.5 cm³/mol. The Kier molecular flexibility index (Phi) is 3.95. The van der Waals surface area contributed by atoms with Crippen LogP contribution in [0, 0.1) is 12.3 Å². The molecule has 103 valence electrons. The van der Waals surface area contributed by atoms with Gasteiger partial charge in [0.05, 0.1) is 0 Å². The predicted octanol–water partition coefficient (Wildman–Crippen LogP) is 2.94. The van der Waals surface area contributed by atoms with Gasteiger partial charge in [0.1, 0.15) is 0 Å². The van der Waals surface area contributed by atoms with Crippen LogP contribution in [-0.2, 0) is 0 Å². The Balaban J connectivity index is 1.64. The van der Waals surface area contributed by atoms with E-state index in [1.165, 1.54) is 58.2 Å². The van der Waals surface area contributed by atoms with Gasteiger partial charge in [0.2, 0.25) is 0 Å². The fraction of sp³-hybridized carbons (Fsp3) is 0.938. The van der Waals surface area contributed by atoms with Crippen molar-refractivity contribution < 1.29 is 0 Å². The van der Waals surface area contributed by atoms with E-state index in [1.807, 2.05) is 0 Å². The summed E-state index contributed by atoms with van der Waals surface area (Å²) >= 11 is 0. The maximum absolute atomic E-state index is 2.85. The van der Waals surface area contributed by atoms with Gasteiger partial charge >= 0.3 is 0 Å². The minimum absolute atomic E-state index is 0.728. The summed E-state index contributed by atoms with van der Waals surface area (Å²) in [5.74, 6) is 0.905. The number of hydrogen-bond donors (Lipinski definition) is 0. The molecule has 0 aromatic carbocycles. The number of nitrogens with zero attached hydrogens (tertiary/aromatic N) is 2. The molecule has 2 heterocycles. The first-order chi connectivity index (χ1) is 8.75. The molecule has 3 fully saturated rings. The maximum Gasteiger partial charge on any atom is 0.0170 e. The Labute approximate surface area is 113 Å². The average Bonchev–Trinajstić information content (AvgIpc) is 3.23. The third kappa shape index (κ3) is 2.75. The Morgan fingerprint density at radius 3 is 2.61 bits per heavy atom. The van der Waals surface area contributed by atoms with E-state index in [1.54, 1.807) is 0 Å². The van der Waals surface area contributed by atoms with E-state index >= 15 is 0 Å². The van der Waals surface area contributed by atoms with Crippen molar-refractivity contribution in [3.05, 3.63) is 6.42 Å². The van der Waals surface area contributed by atoms with Gasteiger partial charge in [0.15, 0.2) is 0 Å². The van der Waals surface area contributed by atoms with E-state index in [9.17, 15) is 0 Å². The molecule has 1 saturated carbocycles. The van der Waals surface area contributed by atoms with Crippen molar-refractivity contribution in [1.29, 1.82) is 0 Å². The molecule has 0 amide bonds. The largest absolute Gasteiger partial charge is 0.301 e. The highest BCUT2D eigenvalue weighted by molar-refractivity contribution is 5.01. The first kappa shape index (κ1) is 12.9. The lowest BCUT2D eigenvalue weighted by Crippen LogP contribution is -2.51. The maximum atomic E-state index is 2.85. The molecule has 2 aliphatic heterocycles. The normalized spacial score (nSPS) is 36.2. The van der Waals surface area contributed by atoms with Crippen LogP contribution in [0.3, 0.4) is 0 Å². The average molecular weight is 249 g/mol. The van der Waals surface area contributed by atoms with E-state index < -0.39 is 0 Å². The SMILES string of the molecule is CC(C)N1CCCC(C2[CH]CCCN2C2CC2)C1. The Morgan fingerprint density at radius 2 is 1.89 bits per heavy atom. The van der Waals surface area contributed by atoms with Crippen molar-refractivity contribution in [2.45, 2.75) is 70.5 Å². The smallest absolute Gasteiger partial charge is 0.0170 e. The zero-order chi connectivity index (χ0) is 12.5. The Hall–Kier alpha value is -0.0800. The van der Waals surface area contributed by atoms with Gasteiger partial charge in [0.25, 0.3) is 0 Å². The minimum atomic E-state index is 0.728. The second kappa shape index (κ2) is 5.50. The van der Waals surface area contributed by atoms with Gasteiger partial charge in [-0.1, -0.05) is 0 Å². The summed E-state index contributed by atoms with van der Waals surface area (Å²) in [5.41, 5.74) is 0. The molecule has 0 bridgehead atoms. The zero-order valence-corrected chi connectivity index (χ0v) is 12.1. The molecule has 2 saturated heterocycles. The number of likely N-dealkylation sites (tertiary alicyclic amines) is 2. The lowest BCUT2D eigenvalue weighted by atomic mass is 9.84. The fourth-order valence-electron chi connectivity index (χ4n) is 3.93. The van der Waals surface area contributed by atoms with Crippen molar-refractivity contribution in [2.75, 3.05) is 19.6 Å². The highest BCUT2D eigenvalue weighted by atomic mass is 15.2. The van der Waals surface area contributed by atoms with Gasteiger partial charge < -0.3 is 4.90 Å². The molecule has 18 heavy (non-hydrogen) atoms. The van der Waals surface area contributed by atoms with Gasteiger partial charge in [-0.05, 0) is 77.8 Å². The molecule has 0 spiro atoms. The first-order valence-electron chi connectivity index (χ1n) is 8.09. The highest BCUT2D eigenvalue weighted by Crippen LogP contribution is 2.37. The Morgan fingerprint density at radius 1 is 1.06 bits per heavy atom. The summed E-state index contributed by atoms with van der Waals surface area (Å²) in [7, 11) is 0. The van der Waals surface area contributed by atoms with Crippen LogP contribution in [0.2, 0.25) is 0 Å². The molecule has 2 heteroatoms. The summed E-state index contributed by atoms with van der Waals surface area (Å²) in [6, 6.07) is 2.47. The Bertz CT molecular complexity index is 272. The van der Waals surface area contributed by atoms with Crippen molar-refractivity contribution in [1.82, 2.24) is 9.80 Å². The lowest BCUT2D eigenvalue weighted by molar-refractivity contribution is 0.0615. The molecule has 1 aliphatic carbocycles. The van der Waals surface area contributed by atoms with Crippen LogP contribution < -0.4 is 0 Å². The van der Waals surface area contributed by atoms with Crippen molar-refractivity contribution in [2.24, 2.45) is 5.92 Å². The van der Waals surface area contributed by atoms with Crippen LogP contribution >= 0.6 is 0 Å². The molecule has 0 aromatic heterocycles. The van der Waals surface area contributed by atoms with E-state index in [-0.39, 0.29) is 0 Å². The van der Waals surface area contributed by atoms with Crippen LogP contribution in [0.25, 0.3) is 0 Å². The topological polar surface area (TPSA) is 6.48 Å². The molecule has 2 atom stereocenters. The van der Waals surface area contributed by atoms with Crippen molar-refractivity contribution in [3.63, 3.8) is 0 Å². The molecule has 0 aromatic rings. The summed E-state index contributed by atoms with van der Waals surface area (Å²) in [5, 5.41) is 0. The third-order valence-electron chi connectivity index (χ3n) is 5.13. The summed E-state index contributed by atoms with van der Waals surface area (Å²) in [6.07, 6.45) is 11.2. The molecule has 1 radical (unpaired) electrons. The first-order valence-corrected chi connectivity index (χ1v) is 8.09. The van der Waals surface area contributed by atoms with Crippen LogP contribution in [-0.4, -0.2) is 47.6 Å². The fourth-order valence-corrected chi connectivity index (χ4v) is 3.93. The second-order valence-electron chi connectivity index (χ2n) is 6.83. The molecular formula is C16H29N2. The lowest BCUT2D eigenvalue weighted by Gasteiger charge is -2.45. The van der Waals surface area contributed by atoms with Gasteiger partial charge in [-0.2, -0.15) is 0 Å². The standard InChI is InChI=1S/C16H29N2/c1-13(2)17-10-5-6-14(12-17)16-7-3-4-11-18(16)15-8-9-15/h7,13-16H,3-6,8-12H2,1-2H3. The van der Waals surface area contributed by atoms with Gasteiger partial charge in [-0.3, -0.25) is 4.90 Å². The van der Waals surface area contributed by atoms with Crippen LogP contribution in [0.4, 0.5) is 0 Å². The molecule has 0 N–H and O–H groups in total. The quantitative estimate of drug-likeness (QED) is 0.759. The van der Waals surface area contributed by atoms with E-state index in [2.05, 4.69) is 30.1 Å². The molecule has 2 nitrogen and oxygen atoms in total. The minimum Gasteiger partial charge on any atom is -0.301 e. The van der Waals surface area contributed by atoms with Gasteiger partial charge in [0, 0.05) is 24.7 Å². The highest BCUT2D eigenvalue weighted by Gasteiger charge is 2.40. The van der Waals surface area contributed by atoms with E-state index in [4.69, 9.17) is 0 Å². The second-order valence-corrected chi connectivity index (χ2v) is 6.83. The third-order valence-corrected chi connectivity index (χ3v) is 5.13. The summed E-state index contributed by atoms with van der Waals surface area (Å²) in [4.78, 5) is 5.54. The van der Waals surface area contributed by atoms with Crippen LogP contribution in [0.15, 0.2) is 0 Å². The molecule has 2 unspecified atom stereocenters.